The topological polar surface area (TPSA) is 23.8 Å². The van der Waals surface area contributed by atoms with Gasteiger partial charge in [-0.25, -0.2) is 4.39 Å². The highest BCUT2D eigenvalue weighted by atomic mass is 19.1. The van der Waals surface area contributed by atoms with Gasteiger partial charge < -0.3 is 0 Å². The quantitative estimate of drug-likeness (QED) is 0.681. The van der Waals surface area contributed by atoms with Crippen LogP contribution in [0.5, 0.6) is 0 Å². The van der Waals surface area contributed by atoms with Crippen LogP contribution in [0.15, 0.2) is 36.4 Å². The van der Waals surface area contributed by atoms with E-state index in [9.17, 15) is 4.39 Å². The van der Waals surface area contributed by atoms with Crippen LogP contribution >= 0.6 is 0 Å². The third-order valence-electron chi connectivity index (χ3n) is 5.49. The van der Waals surface area contributed by atoms with Crippen LogP contribution in [-0.4, -0.2) is 0 Å². The molecule has 0 aromatic heterocycles. The molecule has 1 saturated carbocycles. The minimum Gasteiger partial charge on any atom is -0.207 e. The monoisotopic (exact) mass is 321 g/mol. The van der Waals surface area contributed by atoms with Crippen molar-refractivity contribution in [3.63, 3.8) is 0 Å². The van der Waals surface area contributed by atoms with Gasteiger partial charge in [-0.3, -0.25) is 0 Å². The van der Waals surface area contributed by atoms with Crippen LogP contribution in [0.2, 0.25) is 0 Å². The molecular weight excluding hydrogens is 297 g/mol. The van der Waals surface area contributed by atoms with Gasteiger partial charge in [0.1, 0.15) is 5.82 Å². The summed E-state index contributed by atoms with van der Waals surface area (Å²) in [5.41, 5.74) is 4.77. The van der Waals surface area contributed by atoms with Gasteiger partial charge in [0, 0.05) is 5.41 Å². The first-order chi connectivity index (χ1) is 11.4. The van der Waals surface area contributed by atoms with Crippen LogP contribution in [0.25, 0.3) is 0 Å². The van der Waals surface area contributed by atoms with E-state index in [1.54, 1.807) is 6.07 Å². The lowest BCUT2D eigenvalue weighted by molar-refractivity contribution is 0.474. The molecule has 2 aromatic carbocycles. The standard InChI is InChI=1S/C22H24FN/c1-15-12-18(14-24)6-8-20(15)22(3,11-10-17-4-5-17)19-7-9-21(23)16(2)13-19/h6-9,12-13,17H,4-5,10-11H2,1-3H3. The Morgan fingerprint density at radius 2 is 1.88 bits per heavy atom. The molecule has 1 unspecified atom stereocenters. The fourth-order valence-electron chi connectivity index (χ4n) is 3.67. The molecule has 0 radical (unpaired) electrons. The van der Waals surface area contributed by atoms with E-state index >= 15 is 0 Å². The summed E-state index contributed by atoms with van der Waals surface area (Å²) in [4.78, 5) is 0. The Hall–Kier alpha value is -2.14. The third kappa shape index (κ3) is 3.22. The Morgan fingerprint density at radius 3 is 2.46 bits per heavy atom. The number of hydrogen-bond acceptors (Lipinski definition) is 1. The number of nitrogens with zero attached hydrogens (tertiary/aromatic N) is 1. The van der Waals surface area contributed by atoms with Gasteiger partial charge in [0.25, 0.3) is 0 Å². The maximum absolute atomic E-state index is 13.8. The number of nitriles is 1. The molecule has 1 aliphatic carbocycles. The van der Waals surface area contributed by atoms with E-state index in [0.717, 1.165) is 23.5 Å². The molecule has 0 saturated heterocycles. The van der Waals surface area contributed by atoms with Crippen LogP contribution < -0.4 is 0 Å². The molecule has 2 heteroatoms. The molecule has 0 spiro atoms. The lowest BCUT2D eigenvalue weighted by atomic mass is 9.70. The maximum Gasteiger partial charge on any atom is 0.126 e. The highest BCUT2D eigenvalue weighted by Crippen LogP contribution is 2.43. The van der Waals surface area contributed by atoms with Crippen LogP contribution in [0.4, 0.5) is 4.39 Å². The summed E-state index contributed by atoms with van der Waals surface area (Å²) in [5, 5.41) is 9.13. The molecule has 2 aromatic rings. The van der Waals surface area contributed by atoms with Gasteiger partial charge in [0.2, 0.25) is 0 Å². The van der Waals surface area contributed by atoms with Gasteiger partial charge in [-0.2, -0.15) is 5.26 Å². The molecular formula is C22H24FN. The van der Waals surface area contributed by atoms with Crippen LogP contribution in [0, 0.1) is 36.9 Å². The molecule has 1 nitrogen and oxygen atoms in total. The van der Waals surface area contributed by atoms with E-state index < -0.39 is 0 Å². The Kier molecular flexibility index (Phi) is 4.45. The molecule has 0 amide bonds. The predicted octanol–water partition coefficient (Wildman–Crippen LogP) is 5.81. The summed E-state index contributed by atoms with van der Waals surface area (Å²) < 4.78 is 13.8. The van der Waals surface area contributed by atoms with E-state index in [0.29, 0.717) is 11.1 Å². The van der Waals surface area contributed by atoms with E-state index in [1.165, 1.54) is 24.8 Å². The second-order valence-corrected chi connectivity index (χ2v) is 7.42. The summed E-state index contributed by atoms with van der Waals surface area (Å²) >= 11 is 0. The van der Waals surface area contributed by atoms with E-state index in [-0.39, 0.29) is 11.2 Å². The zero-order valence-corrected chi connectivity index (χ0v) is 14.7. The van der Waals surface area contributed by atoms with Crippen molar-refractivity contribution in [2.75, 3.05) is 0 Å². The van der Waals surface area contributed by atoms with Gasteiger partial charge in [-0.1, -0.05) is 38.0 Å². The largest absolute Gasteiger partial charge is 0.207 e. The molecule has 1 atom stereocenters. The molecule has 0 heterocycles. The fourth-order valence-corrected chi connectivity index (χ4v) is 3.67. The highest BCUT2D eigenvalue weighted by Gasteiger charge is 2.33. The third-order valence-corrected chi connectivity index (χ3v) is 5.49. The number of halogens is 1. The molecule has 124 valence electrons. The van der Waals surface area contributed by atoms with E-state index in [1.807, 2.05) is 31.2 Å². The van der Waals surface area contributed by atoms with E-state index in [4.69, 9.17) is 5.26 Å². The summed E-state index contributed by atoms with van der Waals surface area (Å²) in [7, 11) is 0. The summed E-state index contributed by atoms with van der Waals surface area (Å²) in [6.07, 6.45) is 4.93. The molecule has 0 bridgehead atoms. The molecule has 24 heavy (non-hydrogen) atoms. The van der Waals surface area contributed by atoms with Crippen molar-refractivity contribution in [3.05, 3.63) is 70.0 Å². The highest BCUT2D eigenvalue weighted by molar-refractivity contribution is 5.47. The SMILES string of the molecule is Cc1cc(C(C)(CCC2CC2)c2ccc(C#N)cc2C)ccc1F. The number of benzene rings is 2. The smallest absolute Gasteiger partial charge is 0.126 e. The fraction of sp³-hybridized carbons (Fsp3) is 0.409. The van der Waals surface area contributed by atoms with Crippen molar-refractivity contribution < 1.29 is 4.39 Å². The second-order valence-electron chi connectivity index (χ2n) is 7.42. The first kappa shape index (κ1) is 16.7. The molecule has 1 fully saturated rings. The maximum atomic E-state index is 13.8. The zero-order valence-electron chi connectivity index (χ0n) is 14.7. The number of hydrogen-bond donors (Lipinski definition) is 0. The normalized spacial score (nSPS) is 16.5. The second kappa shape index (κ2) is 6.40. The Bertz CT molecular complexity index is 798. The molecule has 0 aliphatic heterocycles. The number of aryl methyl sites for hydroxylation is 2. The summed E-state index contributed by atoms with van der Waals surface area (Å²) in [5.74, 6) is 0.699. The van der Waals surface area contributed by atoms with Gasteiger partial charge in [0.05, 0.1) is 11.6 Å². The number of rotatable bonds is 5. The Labute approximate surface area is 144 Å². The molecule has 3 rings (SSSR count). The predicted molar refractivity (Wildman–Crippen MR) is 95.4 cm³/mol. The van der Waals surface area contributed by atoms with Gasteiger partial charge in [0.15, 0.2) is 0 Å². The first-order valence-electron chi connectivity index (χ1n) is 8.72. The van der Waals surface area contributed by atoms with Crippen molar-refractivity contribution in [2.45, 2.75) is 51.9 Å². The average Bonchev–Trinajstić information content (AvgIpc) is 3.39. The minimum atomic E-state index is -0.154. The van der Waals surface area contributed by atoms with Crippen molar-refractivity contribution >= 4 is 0 Å². The molecule has 0 N–H and O–H groups in total. The van der Waals surface area contributed by atoms with Crippen LogP contribution in [-0.2, 0) is 5.41 Å². The summed E-state index contributed by atoms with van der Waals surface area (Å²) in [6, 6.07) is 13.6. The van der Waals surface area contributed by atoms with Crippen molar-refractivity contribution in [3.8, 4) is 6.07 Å². The molecule has 1 aliphatic rings. The van der Waals surface area contributed by atoms with Crippen molar-refractivity contribution in [2.24, 2.45) is 5.92 Å². The zero-order chi connectivity index (χ0) is 17.3. The lowest BCUT2D eigenvalue weighted by Gasteiger charge is -2.33. The van der Waals surface area contributed by atoms with E-state index in [2.05, 4.69) is 26.0 Å². The Balaban J connectivity index is 2.07. The average molecular weight is 321 g/mol. The minimum absolute atomic E-state index is 0.153. The Morgan fingerprint density at radius 1 is 1.12 bits per heavy atom. The summed E-state index contributed by atoms with van der Waals surface area (Å²) in [6.45, 7) is 6.16. The van der Waals surface area contributed by atoms with Gasteiger partial charge in [-0.15, -0.1) is 0 Å². The van der Waals surface area contributed by atoms with Gasteiger partial charge >= 0.3 is 0 Å². The lowest BCUT2D eigenvalue weighted by Crippen LogP contribution is -2.25. The van der Waals surface area contributed by atoms with Crippen LogP contribution in [0.1, 0.15) is 60.4 Å². The van der Waals surface area contributed by atoms with Crippen LogP contribution in [0.3, 0.4) is 0 Å². The van der Waals surface area contributed by atoms with Gasteiger partial charge in [-0.05, 0) is 73.1 Å². The van der Waals surface area contributed by atoms with Crippen molar-refractivity contribution in [1.29, 1.82) is 5.26 Å². The van der Waals surface area contributed by atoms with Crippen molar-refractivity contribution in [1.82, 2.24) is 0 Å². The first-order valence-corrected chi connectivity index (χ1v) is 8.72.